The first-order chi connectivity index (χ1) is 8.36. The minimum Gasteiger partial charge on any atom is -0.339 e. The van der Waals surface area contributed by atoms with Crippen molar-refractivity contribution in [1.82, 2.24) is 15.0 Å². The van der Waals surface area contributed by atoms with E-state index in [1.165, 1.54) is 32.4 Å². The molecule has 4 heterocycles. The highest BCUT2D eigenvalue weighted by atomic mass is 16.5. The van der Waals surface area contributed by atoms with Gasteiger partial charge in [-0.1, -0.05) is 18.5 Å². The van der Waals surface area contributed by atoms with Crippen LogP contribution in [0.25, 0.3) is 0 Å². The topological polar surface area (TPSA) is 42.2 Å². The highest BCUT2D eigenvalue weighted by molar-refractivity contribution is 5.03. The molecule has 0 aliphatic carbocycles. The first kappa shape index (κ1) is 11.2. The normalized spacial score (nSPS) is 31.9. The molecule has 3 saturated heterocycles. The highest BCUT2D eigenvalue weighted by Gasteiger charge is 2.37. The van der Waals surface area contributed by atoms with Crippen LogP contribution in [-0.2, 0) is 6.42 Å². The molecule has 1 aromatic heterocycles. The molecule has 4 rings (SSSR count). The van der Waals surface area contributed by atoms with Gasteiger partial charge in [0, 0.05) is 13.0 Å². The van der Waals surface area contributed by atoms with E-state index >= 15 is 0 Å². The van der Waals surface area contributed by atoms with Crippen LogP contribution in [-0.4, -0.2) is 34.7 Å². The fourth-order valence-corrected chi connectivity index (χ4v) is 3.10. The van der Waals surface area contributed by atoms with Crippen LogP contribution in [0.1, 0.15) is 50.2 Å². The molecule has 0 saturated carbocycles. The van der Waals surface area contributed by atoms with Gasteiger partial charge >= 0.3 is 0 Å². The van der Waals surface area contributed by atoms with E-state index in [2.05, 4.69) is 22.0 Å². The first-order valence-electron chi connectivity index (χ1n) is 6.91. The predicted octanol–water partition coefficient (Wildman–Crippen LogP) is 2.22. The van der Waals surface area contributed by atoms with Gasteiger partial charge in [0.2, 0.25) is 5.89 Å². The molecule has 3 fully saturated rings. The lowest BCUT2D eigenvalue weighted by atomic mass is 9.79. The van der Waals surface area contributed by atoms with Gasteiger partial charge in [-0.25, -0.2) is 0 Å². The molecule has 94 valence electrons. The molecule has 4 nitrogen and oxygen atoms in total. The molecular formula is C13H21N3O. The summed E-state index contributed by atoms with van der Waals surface area (Å²) in [6, 6.07) is 0. The van der Waals surface area contributed by atoms with Gasteiger partial charge in [0.25, 0.3) is 0 Å². The monoisotopic (exact) mass is 235 g/mol. The van der Waals surface area contributed by atoms with Crippen molar-refractivity contribution in [2.75, 3.05) is 19.6 Å². The predicted molar refractivity (Wildman–Crippen MR) is 64.8 cm³/mol. The second-order valence-electron chi connectivity index (χ2n) is 5.40. The van der Waals surface area contributed by atoms with Crippen molar-refractivity contribution in [1.29, 1.82) is 0 Å². The molecule has 2 bridgehead atoms. The number of aryl methyl sites for hydroxylation is 1. The quantitative estimate of drug-likeness (QED) is 0.802. The molecule has 1 aromatic rings. The zero-order valence-corrected chi connectivity index (χ0v) is 10.6. The van der Waals surface area contributed by atoms with Crippen LogP contribution in [0.2, 0.25) is 0 Å². The van der Waals surface area contributed by atoms with Crippen LogP contribution in [0.4, 0.5) is 0 Å². The lowest BCUT2D eigenvalue weighted by Crippen LogP contribution is -2.46. The van der Waals surface area contributed by atoms with Crippen molar-refractivity contribution in [3.8, 4) is 0 Å². The van der Waals surface area contributed by atoms with Gasteiger partial charge < -0.3 is 9.42 Å². The summed E-state index contributed by atoms with van der Waals surface area (Å²) in [5.41, 5.74) is 0. The van der Waals surface area contributed by atoms with E-state index in [4.69, 9.17) is 4.52 Å². The Labute approximate surface area is 102 Å². The van der Waals surface area contributed by atoms with E-state index in [9.17, 15) is 0 Å². The Morgan fingerprint density at radius 3 is 2.82 bits per heavy atom. The van der Waals surface area contributed by atoms with E-state index in [0.29, 0.717) is 5.92 Å². The van der Waals surface area contributed by atoms with E-state index in [0.717, 1.165) is 37.0 Å². The Kier molecular flexibility index (Phi) is 3.14. The SMILES string of the molecule is CCCCc1noc(C2CN3CCC2CC3)n1. The first-order valence-corrected chi connectivity index (χ1v) is 6.91. The molecular weight excluding hydrogens is 214 g/mol. The number of fused-ring (bicyclic) bond motifs is 3. The summed E-state index contributed by atoms with van der Waals surface area (Å²) in [7, 11) is 0. The van der Waals surface area contributed by atoms with Gasteiger partial charge in [-0.3, -0.25) is 0 Å². The molecule has 0 radical (unpaired) electrons. The van der Waals surface area contributed by atoms with Crippen molar-refractivity contribution in [2.24, 2.45) is 5.92 Å². The lowest BCUT2D eigenvalue weighted by Gasteiger charge is -2.43. The molecule has 17 heavy (non-hydrogen) atoms. The van der Waals surface area contributed by atoms with Crippen molar-refractivity contribution < 1.29 is 4.52 Å². The minimum absolute atomic E-state index is 0.500. The Balaban J connectivity index is 1.69. The van der Waals surface area contributed by atoms with Crippen LogP contribution in [0.3, 0.4) is 0 Å². The largest absolute Gasteiger partial charge is 0.339 e. The maximum Gasteiger partial charge on any atom is 0.231 e. The van der Waals surface area contributed by atoms with Gasteiger partial charge in [-0.15, -0.1) is 0 Å². The average molecular weight is 235 g/mol. The third kappa shape index (κ3) is 2.23. The van der Waals surface area contributed by atoms with Crippen molar-refractivity contribution in [3.63, 3.8) is 0 Å². The third-order valence-electron chi connectivity index (χ3n) is 4.21. The van der Waals surface area contributed by atoms with Crippen LogP contribution in [0.15, 0.2) is 4.52 Å². The number of hydrogen-bond acceptors (Lipinski definition) is 4. The van der Waals surface area contributed by atoms with E-state index in [1.807, 2.05) is 0 Å². The smallest absolute Gasteiger partial charge is 0.231 e. The van der Waals surface area contributed by atoms with Gasteiger partial charge in [-0.2, -0.15) is 4.98 Å². The summed E-state index contributed by atoms with van der Waals surface area (Å²) in [6.45, 7) is 5.84. The maximum absolute atomic E-state index is 5.47. The van der Waals surface area contributed by atoms with Gasteiger partial charge in [0.05, 0.1) is 5.92 Å². The van der Waals surface area contributed by atoms with Gasteiger partial charge in [0.15, 0.2) is 5.82 Å². The van der Waals surface area contributed by atoms with Crippen molar-refractivity contribution >= 4 is 0 Å². The lowest BCUT2D eigenvalue weighted by molar-refractivity contribution is 0.0727. The number of rotatable bonds is 4. The summed E-state index contributed by atoms with van der Waals surface area (Å²) in [5.74, 6) is 3.07. The molecule has 3 aliphatic heterocycles. The zero-order chi connectivity index (χ0) is 11.7. The minimum atomic E-state index is 0.500. The summed E-state index contributed by atoms with van der Waals surface area (Å²) in [6.07, 6.45) is 5.90. The van der Waals surface area contributed by atoms with E-state index in [1.54, 1.807) is 0 Å². The van der Waals surface area contributed by atoms with Crippen LogP contribution in [0, 0.1) is 5.92 Å². The number of hydrogen-bond donors (Lipinski definition) is 0. The van der Waals surface area contributed by atoms with Crippen LogP contribution < -0.4 is 0 Å². The Morgan fingerprint density at radius 2 is 2.18 bits per heavy atom. The van der Waals surface area contributed by atoms with E-state index < -0.39 is 0 Å². The number of piperidine rings is 3. The summed E-state index contributed by atoms with van der Waals surface area (Å²) in [4.78, 5) is 7.11. The number of nitrogens with zero attached hydrogens (tertiary/aromatic N) is 3. The van der Waals surface area contributed by atoms with Gasteiger partial charge in [-0.05, 0) is 38.3 Å². The summed E-state index contributed by atoms with van der Waals surface area (Å²) < 4.78 is 5.47. The second kappa shape index (κ2) is 4.77. The van der Waals surface area contributed by atoms with Gasteiger partial charge in [0.1, 0.15) is 0 Å². The fraction of sp³-hybridized carbons (Fsp3) is 0.846. The molecule has 1 atom stereocenters. The van der Waals surface area contributed by atoms with Crippen LogP contribution >= 0.6 is 0 Å². The molecule has 3 aliphatic rings. The molecule has 0 N–H and O–H groups in total. The molecule has 0 aromatic carbocycles. The molecule has 1 unspecified atom stereocenters. The average Bonchev–Trinajstić information content (AvgIpc) is 2.86. The Bertz CT molecular complexity index is 368. The summed E-state index contributed by atoms with van der Waals surface area (Å²) in [5, 5.41) is 4.11. The van der Waals surface area contributed by atoms with E-state index in [-0.39, 0.29) is 0 Å². The highest BCUT2D eigenvalue weighted by Crippen LogP contribution is 2.38. The second-order valence-corrected chi connectivity index (χ2v) is 5.40. The standard InChI is InChI=1S/C13H21N3O/c1-2-3-4-12-14-13(17-15-12)11-9-16-7-5-10(11)6-8-16/h10-11H,2-9H2,1H3. The van der Waals surface area contributed by atoms with Crippen molar-refractivity contribution in [3.05, 3.63) is 11.7 Å². The fourth-order valence-electron chi connectivity index (χ4n) is 3.10. The van der Waals surface area contributed by atoms with Crippen molar-refractivity contribution in [2.45, 2.75) is 44.9 Å². The molecule has 4 heteroatoms. The van der Waals surface area contributed by atoms with Crippen LogP contribution in [0.5, 0.6) is 0 Å². The summed E-state index contributed by atoms with van der Waals surface area (Å²) >= 11 is 0. The number of aromatic nitrogens is 2. The Hall–Kier alpha value is -0.900. The number of unbranched alkanes of at least 4 members (excludes halogenated alkanes) is 1. The zero-order valence-electron chi connectivity index (χ0n) is 10.6. The molecule has 0 spiro atoms. The maximum atomic E-state index is 5.47. The molecule has 0 amide bonds. The Morgan fingerprint density at radius 1 is 1.35 bits per heavy atom. The third-order valence-corrected chi connectivity index (χ3v) is 4.21.